The van der Waals surface area contributed by atoms with E-state index in [1.165, 1.54) is 16.8 Å². The third-order valence-corrected chi connectivity index (χ3v) is 5.22. The van der Waals surface area contributed by atoms with Crippen LogP contribution in [0.3, 0.4) is 0 Å². The van der Waals surface area contributed by atoms with Gasteiger partial charge < -0.3 is 15.8 Å². The van der Waals surface area contributed by atoms with Crippen molar-refractivity contribution < 1.29 is 5.11 Å². The molecule has 0 amide bonds. The van der Waals surface area contributed by atoms with Crippen molar-refractivity contribution in [1.29, 1.82) is 0 Å². The Hall–Kier alpha value is -3.41. The first-order valence-corrected chi connectivity index (χ1v) is 8.61. The summed E-state index contributed by atoms with van der Waals surface area (Å²) in [5, 5.41) is 11.7. The summed E-state index contributed by atoms with van der Waals surface area (Å²) in [4.78, 5) is 7.65. The van der Waals surface area contributed by atoms with Gasteiger partial charge >= 0.3 is 0 Å². The number of phenols is 1. The molecule has 1 aromatic heterocycles. The lowest BCUT2D eigenvalue weighted by Gasteiger charge is -2.33. The topological polar surface area (TPSA) is 89.7 Å². The number of allylic oxidation sites excluding steroid dienone is 2. The number of hydrogen-bond donors (Lipinski definition) is 4. The van der Waals surface area contributed by atoms with Crippen molar-refractivity contribution in [3.8, 4) is 5.75 Å². The van der Waals surface area contributed by atoms with Gasteiger partial charge in [0.05, 0.1) is 17.6 Å². The van der Waals surface area contributed by atoms with Gasteiger partial charge in [0, 0.05) is 28.9 Å². The van der Waals surface area contributed by atoms with Crippen molar-refractivity contribution in [3.63, 3.8) is 0 Å². The first-order chi connectivity index (χ1) is 12.6. The Morgan fingerprint density at radius 1 is 1.31 bits per heavy atom. The molecule has 1 atom stereocenters. The van der Waals surface area contributed by atoms with Gasteiger partial charge in [-0.2, -0.15) is 0 Å². The van der Waals surface area contributed by atoms with Crippen LogP contribution in [0.2, 0.25) is 0 Å². The number of fused-ring (bicyclic) bond motifs is 2. The van der Waals surface area contributed by atoms with Crippen LogP contribution >= 0.6 is 0 Å². The average molecular weight is 345 g/mol. The Balaban J connectivity index is 1.65. The fourth-order valence-corrected chi connectivity index (χ4v) is 4.03. The summed E-state index contributed by atoms with van der Waals surface area (Å²) < 4.78 is 0. The number of H-pyrrole nitrogens is 1. The van der Waals surface area contributed by atoms with E-state index in [4.69, 9.17) is 5.73 Å². The number of aromatic hydroxyl groups is 1. The van der Waals surface area contributed by atoms with Crippen LogP contribution < -0.4 is 11.2 Å². The standard InChI is InChI=1S/C20H19N5O/c1-11-8-14(26)4-5-15(11)16-6-7-17-18-12(9-22-19(16)18)2-3-13-10-23-20(21)24-25(13)17/h2-5,7-10,16,22,26H,6H2,1H3,(H3,21,23,24). The number of aromatic nitrogens is 1. The van der Waals surface area contributed by atoms with Gasteiger partial charge in [0.15, 0.2) is 0 Å². The van der Waals surface area contributed by atoms with E-state index in [2.05, 4.69) is 27.6 Å². The van der Waals surface area contributed by atoms with Gasteiger partial charge in [0.2, 0.25) is 5.96 Å². The maximum absolute atomic E-state index is 9.74. The van der Waals surface area contributed by atoms with Crippen molar-refractivity contribution in [2.45, 2.75) is 19.3 Å². The van der Waals surface area contributed by atoms with Crippen LogP contribution in [0.5, 0.6) is 5.75 Å². The number of benzene rings is 1. The van der Waals surface area contributed by atoms with E-state index >= 15 is 0 Å². The molecule has 0 fully saturated rings. The average Bonchev–Trinajstić information content (AvgIpc) is 2.98. The number of aryl methyl sites for hydroxylation is 1. The molecular formula is C20H19N5O. The van der Waals surface area contributed by atoms with Crippen LogP contribution in [0.25, 0.3) is 11.8 Å². The molecule has 2 aliphatic heterocycles. The van der Waals surface area contributed by atoms with Gasteiger partial charge in [-0.15, -0.1) is 0 Å². The molecule has 1 unspecified atom stereocenters. The van der Waals surface area contributed by atoms with E-state index in [1.807, 2.05) is 36.3 Å². The quantitative estimate of drug-likeness (QED) is 0.640. The zero-order valence-corrected chi connectivity index (χ0v) is 14.3. The van der Waals surface area contributed by atoms with E-state index < -0.39 is 0 Å². The fraction of sp³-hybridized carbons (Fsp3) is 0.150. The third-order valence-electron chi connectivity index (χ3n) is 5.22. The van der Waals surface area contributed by atoms with Crippen molar-refractivity contribution in [3.05, 3.63) is 76.4 Å². The summed E-state index contributed by atoms with van der Waals surface area (Å²) in [5.41, 5.74) is 16.9. The van der Waals surface area contributed by atoms with Gasteiger partial charge in [0.1, 0.15) is 5.75 Å². The molecule has 0 saturated carbocycles. The molecule has 0 bridgehead atoms. The van der Waals surface area contributed by atoms with Crippen LogP contribution in [-0.4, -0.2) is 21.1 Å². The maximum Gasteiger partial charge on any atom is 0.212 e. The second-order valence-electron chi connectivity index (χ2n) is 6.80. The normalized spacial score (nSPS) is 20.3. The number of nitrogens with zero attached hydrogens (tertiary/aromatic N) is 2. The second kappa shape index (κ2) is 5.29. The van der Waals surface area contributed by atoms with Gasteiger partial charge in [-0.25, -0.2) is 4.99 Å². The molecule has 5 rings (SSSR count). The highest BCUT2D eigenvalue weighted by molar-refractivity contribution is 5.86. The summed E-state index contributed by atoms with van der Waals surface area (Å²) in [6.07, 6.45) is 11.0. The molecule has 3 aliphatic rings. The summed E-state index contributed by atoms with van der Waals surface area (Å²) in [7, 11) is 0. The highest BCUT2D eigenvalue weighted by Crippen LogP contribution is 2.44. The molecule has 26 heavy (non-hydrogen) atoms. The molecule has 0 spiro atoms. The van der Waals surface area contributed by atoms with Crippen LogP contribution in [0.4, 0.5) is 0 Å². The van der Waals surface area contributed by atoms with Crippen molar-refractivity contribution in [2.75, 3.05) is 0 Å². The first-order valence-electron chi connectivity index (χ1n) is 8.61. The van der Waals surface area contributed by atoms with E-state index in [0.29, 0.717) is 11.7 Å². The number of nitrogens with one attached hydrogen (secondary N) is 2. The first kappa shape index (κ1) is 14.9. The zero-order valence-electron chi connectivity index (χ0n) is 14.3. The molecular weight excluding hydrogens is 326 g/mol. The highest BCUT2D eigenvalue weighted by atomic mass is 16.3. The molecule has 0 radical (unpaired) electrons. The van der Waals surface area contributed by atoms with Crippen molar-refractivity contribution in [1.82, 2.24) is 15.4 Å². The lowest BCUT2D eigenvalue weighted by Crippen LogP contribution is -2.46. The second-order valence-corrected chi connectivity index (χ2v) is 6.80. The largest absolute Gasteiger partial charge is 0.508 e. The lowest BCUT2D eigenvalue weighted by atomic mass is 9.82. The number of aliphatic imine (C=N–C) groups is 1. The number of rotatable bonds is 1. The summed E-state index contributed by atoms with van der Waals surface area (Å²) in [6.45, 7) is 2.04. The molecule has 0 saturated heterocycles. The minimum atomic E-state index is 0.220. The Labute approximate surface area is 151 Å². The predicted molar refractivity (Wildman–Crippen MR) is 102 cm³/mol. The van der Waals surface area contributed by atoms with Crippen molar-refractivity contribution in [2.24, 2.45) is 10.7 Å². The van der Waals surface area contributed by atoms with E-state index in [9.17, 15) is 5.11 Å². The van der Waals surface area contributed by atoms with Gasteiger partial charge in [-0.1, -0.05) is 18.2 Å². The van der Waals surface area contributed by atoms with Gasteiger partial charge in [-0.3, -0.25) is 10.4 Å². The predicted octanol–water partition coefficient (Wildman–Crippen LogP) is 2.91. The zero-order chi connectivity index (χ0) is 17.8. The lowest BCUT2D eigenvalue weighted by molar-refractivity contribution is 0.439. The van der Waals surface area contributed by atoms with E-state index in [1.54, 1.807) is 12.3 Å². The number of nitrogens with two attached hydrogens (primary N) is 1. The number of phenolic OH excluding ortho intramolecular Hbond substituents is 1. The molecule has 5 N–H and O–H groups in total. The molecule has 130 valence electrons. The molecule has 6 nitrogen and oxygen atoms in total. The smallest absolute Gasteiger partial charge is 0.212 e. The molecule has 1 aliphatic carbocycles. The number of aromatic amines is 1. The van der Waals surface area contributed by atoms with Gasteiger partial charge in [0.25, 0.3) is 0 Å². The van der Waals surface area contributed by atoms with Crippen LogP contribution in [0.15, 0.2) is 53.4 Å². The Kier molecular flexibility index (Phi) is 3.03. The SMILES string of the molecule is Cc1cc(O)ccc1C1CC=C2c3c(c[nH]c31)C=CC1=CN=C(N)NN12. The number of guanidine groups is 1. The Bertz CT molecular complexity index is 1040. The number of hydrazine groups is 1. The Morgan fingerprint density at radius 2 is 2.19 bits per heavy atom. The summed E-state index contributed by atoms with van der Waals surface area (Å²) in [5.74, 6) is 0.895. The van der Waals surface area contributed by atoms with Crippen LogP contribution in [-0.2, 0) is 0 Å². The summed E-state index contributed by atoms with van der Waals surface area (Å²) >= 11 is 0. The minimum absolute atomic E-state index is 0.220. The van der Waals surface area contributed by atoms with E-state index in [0.717, 1.165) is 28.9 Å². The molecule has 2 aromatic rings. The Morgan fingerprint density at radius 3 is 3.04 bits per heavy atom. The summed E-state index contributed by atoms with van der Waals surface area (Å²) in [6, 6.07) is 5.59. The third kappa shape index (κ3) is 2.08. The minimum Gasteiger partial charge on any atom is -0.508 e. The fourth-order valence-electron chi connectivity index (χ4n) is 4.03. The van der Waals surface area contributed by atoms with Crippen LogP contribution in [0, 0.1) is 6.92 Å². The van der Waals surface area contributed by atoms with Crippen LogP contribution in [0.1, 0.15) is 40.3 Å². The maximum atomic E-state index is 9.74. The molecule has 1 aromatic carbocycles. The highest BCUT2D eigenvalue weighted by Gasteiger charge is 2.32. The number of hydrogen-bond acceptors (Lipinski definition) is 5. The van der Waals surface area contributed by atoms with Crippen molar-refractivity contribution >= 4 is 17.7 Å². The monoisotopic (exact) mass is 345 g/mol. The van der Waals surface area contributed by atoms with Gasteiger partial charge in [-0.05, 0) is 42.7 Å². The van der Waals surface area contributed by atoms with E-state index in [-0.39, 0.29) is 5.92 Å². The molecule has 3 heterocycles. The molecule has 6 heteroatoms.